The number of ether oxygens (including phenoxy) is 1. The predicted molar refractivity (Wildman–Crippen MR) is 109 cm³/mol. The van der Waals surface area contributed by atoms with Gasteiger partial charge in [0.1, 0.15) is 0 Å². The first-order chi connectivity index (χ1) is 14.2. The normalized spacial score (nSPS) is 15.8. The molecule has 2 heterocycles. The number of carbonyl (C=O) groups is 2. The highest BCUT2D eigenvalue weighted by Gasteiger charge is 2.19. The quantitative estimate of drug-likeness (QED) is 0.678. The first-order valence-corrected chi connectivity index (χ1v) is 9.61. The average Bonchev–Trinajstić information content (AvgIpc) is 3.45. The Kier molecular flexibility index (Phi) is 5.67. The van der Waals surface area contributed by atoms with Gasteiger partial charge in [0, 0.05) is 19.3 Å². The first kappa shape index (κ1) is 18.9. The predicted octanol–water partition coefficient (Wildman–Crippen LogP) is 3.03. The average molecular weight is 390 g/mol. The molecule has 1 fully saturated rings. The Labute approximate surface area is 168 Å². The summed E-state index contributed by atoms with van der Waals surface area (Å²) in [5, 5.41) is 9.95. The third kappa shape index (κ3) is 4.52. The first-order valence-electron chi connectivity index (χ1n) is 9.61. The van der Waals surface area contributed by atoms with Crippen molar-refractivity contribution in [3.05, 3.63) is 78.1 Å². The molecule has 2 N–H and O–H groups in total. The molecule has 3 aromatic rings. The van der Waals surface area contributed by atoms with Gasteiger partial charge in [-0.05, 0) is 37.1 Å². The summed E-state index contributed by atoms with van der Waals surface area (Å²) in [4.78, 5) is 25.3. The smallest absolute Gasteiger partial charge is 0.258 e. The molecular formula is C22H22N4O3. The van der Waals surface area contributed by atoms with E-state index in [4.69, 9.17) is 4.74 Å². The number of hydrogen-bond donors (Lipinski definition) is 2. The number of carbonyl (C=O) groups excluding carboxylic acids is 2. The van der Waals surface area contributed by atoms with Crippen LogP contribution in [0.25, 0.3) is 5.69 Å². The summed E-state index contributed by atoms with van der Waals surface area (Å²) >= 11 is 0. The minimum absolute atomic E-state index is 0.0597. The van der Waals surface area contributed by atoms with E-state index in [0.717, 1.165) is 25.1 Å². The molecule has 4 rings (SSSR count). The molecule has 1 aliphatic rings. The molecule has 7 heteroatoms. The maximum absolute atomic E-state index is 12.7. The fraction of sp³-hybridized carbons (Fsp3) is 0.227. The third-order valence-corrected chi connectivity index (χ3v) is 4.80. The van der Waals surface area contributed by atoms with Gasteiger partial charge in [-0.3, -0.25) is 9.59 Å². The maximum Gasteiger partial charge on any atom is 0.258 e. The summed E-state index contributed by atoms with van der Waals surface area (Å²) in [5.74, 6) is -0.567. The maximum atomic E-state index is 12.7. The van der Waals surface area contributed by atoms with E-state index in [1.165, 1.54) is 6.20 Å². The third-order valence-electron chi connectivity index (χ3n) is 4.80. The molecule has 0 bridgehead atoms. The Hall–Kier alpha value is -3.45. The van der Waals surface area contributed by atoms with Gasteiger partial charge in [-0.1, -0.05) is 30.3 Å². The lowest BCUT2D eigenvalue weighted by Gasteiger charge is -2.13. The fourth-order valence-electron chi connectivity index (χ4n) is 3.25. The van der Waals surface area contributed by atoms with Crippen molar-refractivity contribution >= 4 is 17.5 Å². The highest BCUT2D eigenvalue weighted by molar-refractivity contribution is 6.08. The van der Waals surface area contributed by atoms with E-state index in [0.29, 0.717) is 23.4 Å². The van der Waals surface area contributed by atoms with Crippen LogP contribution < -0.4 is 10.6 Å². The zero-order chi connectivity index (χ0) is 20.1. The van der Waals surface area contributed by atoms with Crippen LogP contribution in [0.1, 0.15) is 33.6 Å². The molecule has 29 heavy (non-hydrogen) atoms. The lowest BCUT2D eigenvalue weighted by molar-refractivity contribution is 0.0858. The molecule has 1 atom stereocenters. The van der Waals surface area contributed by atoms with Crippen molar-refractivity contribution in [2.24, 2.45) is 0 Å². The summed E-state index contributed by atoms with van der Waals surface area (Å²) in [6.45, 7) is 1.20. The van der Waals surface area contributed by atoms with Gasteiger partial charge in [-0.25, -0.2) is 4.68 Å². The van der Waals surface area contributed by atoms with Crippen molar-refractivity contribution < 1.29 is 14.3 Å². The van der Waals surface area contributed by atoms with Gasteiger partial charge in [0.25, 0.3) is 11.8 Å². The Bertz CT molecular complexity index is 994. The van der Waals surface area contributed by atoms with E-state index >= 15 is 0 Å². The molecule has 0 saturated carbocycles. The van der Waals surface area contributed by atoms with Crippen molar-refractivity contribution in [1.29, 1.82) is 0 Å². The van der Waals surface area contributed by atoms with Crippen LogP contribution in [0.3, 0.4) is 0 Å². The number of hydrogen-bond acceptors (Lipinski definition) is 4. The van der Waals surface area contributed by atoms with Gasteiger partial charge < -0.3 is 15.4 Å². The number of anilines is 1. The molecular weight excluding hydrogens is 368 g/mol. The highest BCUT2D eigenvalue weighted by atomic mass is 16.5. The number of rotatable bonds is 6. The summed E-state index contributed by atoms with van der Waals surface area (Å²) in [5.41, 5.74) is 2.13. The number of aromatic nitrogens is 2. The molecule has 1 saturated heterocycles. The standard InChI is InChI=1S/C22H22N4O3/c27-21(16-13-24-26(15-16)17-7-2-1-3-8-17)25-20-11-5-4-10-19(20)22(28)23-14-18-9-6-12-29-18/h1-5,7-8,10-11,13,15,18H,6,9,12,14H2,(H,23,28)(H,25,27). The van der Waals surface area contributed by atoms with E-state index in [9.17, 15) is 9.59 Å². The second kappa shape index (κ2) is 8.70. The number of nitrogens with one attached hydrogen (secondary N) is 2. The SMILES string of the molecule is O=C(Nc1ccccc1C(=O)NCC1CCCO1)c1cnn(-c2ccccc2)c1. The minimum Gasteiger partial charge on any atom is -0.376 e. The van der Waals surface area contributed by atoms with Gasteiger partial charge in [-0.15, -0.1) is 0 Å². The number of amides is 2. The van der Waals surface area contributed by atoms with Crippen LogP contribution in [-0.2, 0) is 4.74 Å². The number of benzene rings is 2. The van der Waals surface area contributed by atoms with Crippen molar-refractivity contribution in [1.82, 2.24) is 15.1 Å². The van der Waals surface area contributed by atoms with Crippen LogP contribution in [0.5, 0.6) is 0 Å². The van der Waals surface area contributed by atoms with E-state index in [1.54, 1.807) is 35.1 Å². The van der Waals surface area contributed by atoms with Gasteiger partial charge in [0.2, 0.25) is 0 Å². The molecule has 0 spiro atoms. The summed E-state index contributed by atoms with van der Waals surface area (Å²) in [6.07, 6.45) is 5.19. The highest BCUT2D eigenvalue weighted by Crippen LogP contribution is 2.17. The van der Waals surface area contributed by atoms with E-state index in [2.05, 4.69) is 15.7 Å². The summed E-state index contributed by atoms with van der Waals surface area (Å²) in [6, 6.07) is 16.5. The van der Waals surface area contributed by atoms with Crippen LogP contribution >= 0.6 is 0 Å². The van der Waals surface area contributed by atoms with Gasteiger partial charge in [0.05, 0.1) is 34.8 Å². The number of para-hydroxylation sites is 2. The van der Waals surface area contributed by atoms with Crippen molar-refractivity contribution in [2.45, 2.75) is 18.9 Å². The second-order valence-electron chi connectivity index (χ2n) is 6.85. The van der Waals surface area contributed by atoms with E-state index in [1.807, 2.05) is 30.3 Å². The molecule has 148 valence electrons. The minimum atomic E-state index is -0.327. The van der Waals surface area contributed by atoms with Crippen LogP contribution in [-0.4, -0.2) is 40.9 Å². The molecule has 0 aliphatic carbocycles. The van der Waals surface area contributed by atoms with Gasteiger partial charge in [-0.2, -0.15) is 5.10 Å². The fourth-order valence-corrected chi connectivity index (χ4v) is 3.25. The van der Waals surface area contributed by atoms with Crippen LogP contribution in [0, 0.1) is 0 Å². The molecule has 1 unspecified atom stereocenters. The van der Waals surface area contributed by atoms with Crippen molar-refractivity contribution in [3.63, 3.8) is 0 Å². The monoisotopic (exact) mass is 390 g/mol. The molecule has 2 amide bonds. The van der Waals surface area contributed by atoms with Crippen LogP contribution in [0.2, 0.25) is 0 Å². The van der Waals surface area contributed by atoms with Crippen molar-refractivity contribution in [3.8, 4) is 5.69 Å². The van der Waals surface area contributed by atoms with E-state index < -0.39 is 0 Å². The van der Waals surface area contributed by atoms with Crippen LogP contribution in [0.15, 0.2) is 67.0 Å². The second-order valence-corrected chi connectivity index (χ2v) is 6.85. The Morgan fingerprint density at radius 2 is 1.86 bits per heavy atom. The molecule has 1 aromatic heterocycles. The topological polar surface area (TPSA) is 85.2 Å². The Morgan fingerprint density at radius 3 is 2.66 bits per heavy atom. The largest absolute Gasteiger partial charge is 0.376 e. The van der Waals surface area contributed by atoms with Crippen molar-refractivity contribution in [2.75, 3.05) is 18.5 Å². The Balaban J connectivity index is 1.44. The molecule has 0 radical (unpaired) electrons. The molecule has 7 nitrogen and oxygen atoms in total. The summed E-state index contributed by atoms with van der Waals surface area (Å²) < 4.78 is 7.17. The summed E-state index contributed by atoms with van der Waals surface area (Å²) in [7, 11) is 0. The van der Waals surface area contributed by atoms with Gasteiger partial charge in [0.15, 0.2) is 0 Å². The molecule has 1 aliphatic heterocycles. The molecule has 2 aromatic carbocycles. The number of nitrogens with zero attached hydrogens (tertiary/aromatic N) is 2. The van der Waals surface area contributed by atoms with Crippen LogP contribution in [0.4, 0.5) is 5.69 Å². The van der Waals surface area contributed by atoms with E-state index in [-0.39, 0.29) is 17.9 Å². The zero-order valence-corrected chi connectivity index (χ0v) is 15.9. The lowest BCUT2D eigenvalue weighted by Crippen LogP contribution is -2.32. The van der Waals surface area contributed by atoms with Gasteiger partial charge >= 0.3 is 0 Å². The Morgan fingerprint density at radius 1 is 1.07 bits per heavy atom. The lowest BCUT2D eigenvalue weighted by atomic mass is 10.1. The zero-order valence-electron chi connectivity index (χ0n) is 15.9.